The smallest absolute Gasteiger partial charge is 0.254 e. The highest BCUT2D eigenvalue weighted by Gasteiger charge is 2.25. The van der Waals surface area contributed by atoms with Crippen LogP contribution in [0, 0.1) is 0 Å². The first kappa shape index (κ1) is 16.9. The summed E-state index contributed by atoms with van der Waals surface area (Å²) >= 11 is 0. The fourth-order valence-corrected chi connectivity index (χ4v) is 3.61. The Morgan fingerprint density at radius 1 is 1.08 bits per heavy atom. The van der Waals surface area contributed by atoms with Crippen LogP contribution in [0.2, 0.25) is 0 Å². The Balaban J connectivity index is 1.85. The molecule has 4 heteroatoms. The second-order valence-corrected chi connectivity index (χ2v) is 6.76. The summed E-state index contributed by atoms with van der Waals surface area (Å²) < 4.78 is 0. The molecule has 1 heterocycles. The lowest BCUT2D eigenvalue weighted by molar-refractivity contribution is 0.0657. The third-order valence-electron chi connectivity index (χ3n) is 5.00. The fraction of sp³-hybridized carbons (Fsp3) is 0.550. The van der Waals surface area contributed by atoms with E-state index >= 15 is 0 Å². The van der Waals surface area contributed by atoms with Crippen LogP contribution in [0.25, 0.3) is 11.0 Å². The van der Waals surface area contributed by atoms with Gasteiger partial charge in [-0.2, -0.15) is 0 Å². The highest BCUT2D eigenvalue weighted by atomic mass is 16.2. The Hall–Kier alpha value is -1.97. The topological polar surface area (TPSA) is 46.1 Å². The first-order valence-electron chi connectivity index (χ1n) is 9.31. The summed E-state index contributed by atoms with van der Waals surface area (Å²) in [7, 11) is 0. The molecule has 0 aliphatic heterocycles. The molecular weight excluding hydrogens is 298 g/mol. The number of rotatable bonds is 5. The number of hydrogen-bond donors (Lipinski definition) is 0. The van der Waals surface area contributed by atoms with Gasteiger partial charge in [0.05, 0.1) is 11.0 Å². The summed E-state index contributed by atoms with van der Waals surface area (Å²) in [6.07, 6.45) is 12.9. The summed E-state index contributed by atoms with van der Waals surface area (Å²) in [6.45, 7) is 3.04. The maximum Gasteiger partial charge on any atom is 0.254 e. The van der Waals surface area contributed by atoms with Crippen molar-refractivity contribution in [3.63, 3.8) is 0 Å². The van der Waals surface area contributed by atoms with E-state index in [1.165, 1.54) is 25.7 Å². The largest absolute Gasteiger partial charge is 0.336 e. The van der Waals surface area contributed by atoms with Gasteiger partial charge in [-0.15, -0.1) is 0 Å². The molecule has 0 saturated heterocycles. The Labute approximate surface area is 144 Å². The lowest BCUT2D eigenvalue weighted by Crippen LogP contribution is -2.40. The fourth-order valence-electron chi connectivity index (χ4n) is 3.61. The molecule has 1 aliphatic carbocycles. The third kappa shape index (κ3) is 3.92. The molecule has 0 radical (unpaired) electrons. The van der Waals surface area contributed by atoms with E-state index in [1.54, 1.807) is 12.4 Å². The molecule has 0 unspecified atom stereocenters. The number of carbonyl (C=O) groups excluding carboxylic acids is 1. The molecule has 1 saturated carbocycles. The lowest BCUT2D eigenvalue weighted by atomic mass is 10.0. The summed E-state index contributed by atoms with van der Waals surface area (Å²) in [6, 6.07) is 6.08. The number of carbonyl (C=O) groups is 1. The third-order valence-corrected chi connectivity index (χ3v) is 5.00. The SMILES string of the molecule is CCCCN(C(=O)c1ccc2nccnc2c1)C1CCCCCC1. The average molecular weight is 325 g/mol. The van der Waals surface area contributed by atoms with Crippen molar-refractivity contribution in [2.45, 2.75) is 64.3 Å². The van der Waals surface area contributed by atoms with E-state index in [2.05, 4.69) is 21.8 Å². The molecule has 1 amide bonds. The highest BCUT2D eigenvalue weighted by molar-refractivity contribution is 5.97. The van der Waals surface area contributed by atoms with E-state index in [-0.39, 0.29) is 5.91 Å². The summed E-state index contributed by atoms with van der Waals surface area (Å²) in [5.41, 5.74) is 2.37. The van der Waals surface area contributed by atoms with Crippen molar-refractivity contribution in [1.82, 2.24) is 14.9 Å². The zero-order chi connectivity index (χ0) is 16.8. The molecule has 3 rings (SSSR count). The van der Waals surface area contributed by atoms with Gasteiger partial charge in [0.2, 0.25) is 0 Å². The predicted octanol–water partition coefficient (Wildman–Crippen LogP) is 4.59. The first-order chi connectivity index (χ1) is 11.8. The maximum atomic E-state index is 13.2. The van der Waals surface area contributed by atoms with Crippen LogP contribution in [0.3, 0.4) is 0 Å². The van der Waals surface area contributed by atoms with Gasteiger partial charge in [-0.05, 0) is 37.5 Å². The molecule has 24 heavy (non-hydrogen) atoms. The van der Waals surface area contributed by atoms with E-state index in [0.29, 0.717) is 6.04 Å². The molecule has 0 bridgehead atoms. The van der Waals surface area contributed by atoms with Crippen molar-refractivity contribution < 1.29 is 4.79 Å². The van der Waals surface area contributed by atoms with Crippen molar-refractivity contribution in [2.75, 3.05) is 6.54 Å². The maximum absolute atomic E-state index is 13.2. The van der Waals surface area contributed by atoms with Crippen LogP contribution < -0.4 is 0 Å². The van der Waals surface area contributed by atoms with Crippen LogP contribution in [0.5, 0.6) is 0 Å². The van der Waals surface area contributed by atoms with Gasteiger partial charge in [0.15, 0.2) is 0 Å². The zero-order valence-corrected chi connectivity index (χ0v) is 14.6. The first-order valence-corrected chi connectivity index (χ1v) is 9.31. The van der Waals surface area contributed by atoms with Crippen LogP contribution >= 0.6 is 0 Å². The normalized spacial score (nSPS) is 16.0. The number of fused-ring (bicyclic) bond motifs is 1. The van der Waals surface area contributed by atoms with Crippen LogP contribution in [0.4, 0.5) is 0 Å². The van der Waals surface area contributed by atoms with Gasteiger partial charge in [-0.1, -0.05) is 39.0 Å². The van der Waals surface area contributed by atoms with Crippen LogP contribution in [-0.4, -0.2) is 33.4 Å². The lowest BCUT2D eigenvalue weighted by Gasteiger charge is -2.31. The molecular formula is C20H27N3O. The molecule has 0 N–H and O–H groups in total. The summed E-state index contributed by atoms with van der Waals surface area (Å²) in [5, 5.41) is 0. The Kier molecular flexibility index (Phi) is 5.78. The number of hydrogen-bond acceptors (Lipinski definition) is 3. The Bertz CT molecular complexity index is 677. The quantitative estimate of drug-likeness (QED) is 0.755. The number of amides is 1. The number of nitrogens with zero attached hydrogens (tertiary/aromatic N) is 3. The van der Waals surface area contributed by atoms with E-state index in [0.717, 1.165) is 48.8 Å². The van der Waals surface area contributed by atoms with Gasteiger partial charge < -0.3 is 4.90 Å². The summed E-state index contributed by atoms with van der Waals surface area (Å²) in [5.74, 6) is 0.155. The minimum Gasteiger partial charge on any atom is -0.336 e. The van der Waals surface area contributed by atoms with Crippen molar-refractivity contribution in [1.29, 1.82) is 0 Å². The molecule has 0 spiro atoms. The van der Waals surface area contributed by atoms with Gasteiger partial charge in [0, 0.05) is 30.5 Å². The Morgan fingerprint density at radius 3 is 2.50 bits per heavy atom. The number of aromatic nitrogens is 2. The minimum atomic E-state index is 0.155. The molecule has 1 aliphatic rings. The molecule has 1 aromatic heterocycles. The van der Waals surface area contributed by atoms with Gasteiger partial charge >= 0.3 is 0 Å². The molecule has 128 valence electrons. The molecule has 4 nitrogen and oxygen atoms in total. The standard InChI is InChI=1S/C20H27N3O/c1-2-3-14-23(17-8-6-4-5-7-9-17)20(24)16-10-11-18-19(15-16)22-13-12-21-18/h10-13,15,17H,2-9,14H2,1H3. The molecule has 1 fully saturated rings. The van der Waals surface area contributed by atoms with Crippen LogP contribution in [-0.2, 0) is 0 Å². The average Bonchev–Trinajstić information content (AvgIpc) is 2.91. The minimum absolute atomic E-state index is 0.155. The van der Waals surface area contributed by atoms with Crippen LogP contribution in [0.1, 0.15) is 68.6 Å². The Morgan fingerprint density at radius 2 is 1.79 bits per heavy atom. The monoisotopic (exact) mass is 325 g/mol. The van der Waals surface area contributed by atoms with Gasteiger partial charge in [0.25, 0.3) is 5.91 Å². The van der Waals surface area contributed by atoms with E-state index in [9.17, 15) is 4.79 Å². The van der Waals surface area contributed by atoms with Gasteiger partial charge in [-0.3, -0.25) is 14.8 Å². The van der Waals surface area contributed by atoms with Gasteiger partial charge in [0.1, 0.15) is 0 Å². The second-order valence-electron chi connectivity index (χ2n) is 6.76. The van der Waals surface area contributed by atoms with Gasteiger partial charge in [-0.25, -0.2) is 0 Å². The van der Waals surface area contributed by atoms with E-state index < -0.39 is 0 Å². The molecule has 0 atom stereocenters. The van der Waals surface area contributed by atoms with E-state index in [1.807, 2.05) is 18.2 Å². The second kappa shape index (κ2) is 8.22. The van der Waals surface area contributed by atoms with Crippen molar-refractivity contribution in [2.24, 2.45) is 0 Å². The highest BCUT2D eigenvalue weighted by Crippen LogP contribution is 2.24. The van der Waals surface area contributed by atoms with E-state index in [4.69, 9.17) is 0 Å². The molecule has 1 aromatic carbocycles. The molecule has 2 aromatic rings. The summed E-state index contributed by atoms with van der Waals surface area (Å²) in [4.78, 5) is 23.9. The number of unbranched alkanes of at least 4 members (excludes halogenated alkanes) is 1. The zero-order valence-electron chi connectivity index (χ0n) is 14.6. The number of benzene rings is 1. The van der Waals surface area contributed by atoms with Crippen molar-refractivity contribution in [3.8, 4) is 0 Å². The van der Waals surface area contributed by atoms with Crippen LogP contribution in [0.15, 0.2) is 30.6 Å². The van der Waals surface area contributed by atoms with Crippen molar-refractivity contribution >= 4 is 16.9 Å². The van der Waals surface area contributed by atoms with Crippen molar-refractivity contribution in [3.05, 3.63) is 36.2 Å². The predicted molar refractivity (Wildman–Crippen MR) is 97.0 cm³/mol.